The number of fused-ring (bicyclic) bond motifs is 10. The first-order valence-electron chi connectivity index (χ1n) is 18.9. The molecule has 4 nitrogen and oxygen atoms in total. The van der Waals surface area contributed by atoms with Gasteiger partial charge in [-0.1, -0.05) is 152 Å². The maximum absolute atomic E-state index is 5.26. The molecule has 56 heavy (non-hydrogen) atoms. The van der Waals surface area contributed by atoms with E-state index in [1.165, 1.54) is 64.5 Å². The highest BCUT2D eigenvalue weighted by Crippen LogP contribution is 2.45. The fourth-order valence-corrected chi connectivity index (χ4v) is 9.86. The van der Waals surface area contributed by atoms with Gasteiger partial charge in [0.25, 0.3) is 0 Å². The minimum Gasteiger partial charge on any atom is -0.307 e. The number of benzene rings is 9. The standard InChI is InChI=1S/C51H30N4S/c1-3-14-34-29-36(25-23-31(34)11-1)49-52-50(37-26-24-32-12-2-4-15-35(32)30-37)54-51(53-49)43-20-9-18-41-42-19-10-22-45(48(42)56-47(41)43)55-44-21-8-7-17-39(44)40-28-27-33-13-5-6-16-38(33)46(40)55/h1-30H. The summed E-state index contributed by atoms with van der Waals surface area (Å²) in [6.45, 7) is 0. The van der Waals surface area contributed by atoms with Gasteiger partial charge in [0.1, 0.15) is 0 Å². The largest absolute Gasteiger partial charge is 0.307 e. The van der Waals surface area contributed by atoms with Gasteiger partial charge in [-0.3, -0.25) is 0 Å². The van der Waals surface area contributed by atoms with E-state index in [0.29, 0.717) is 17.5 Å². The first-order chi connectivity index (χ1) is 27.7. The zero-order valence-electron chi connectivity index (χ0n) is 30.0. The lowest BCUT2D eigenvalue weighted by Crippen LogP contribution is -2.00. The zero-order chi connectivity index (χ0) is 36.7. The highest BCUT2D eigenvalue weighted by molar-refractivity contribution is 7.26. The van der Waals surface area contributed by atoms with Crippen LogP contribution in [-0.2, 0) is 0 Å². The fourth-order valence-electron chi connectivity index (χ4n) is 8.55. The minimum absolute atomic E-state index is 0.653. The van der Waals surface area contributed by atoms with Crippen LogP contribution < -0.4 is 0 Å². The maximum Gasteiger partial charge on any atom is 0.165 e. The molecule has 0 unspecified atom stereocenters. The van der Waals surface area contributed by atoms with Crippen LogP contribution in [0.25, 0.3) is 114 Å². The van der Waals surface area contributed by atoms with Crippen LogP contribution in [0.5, 0.6) is 0 Å². The predicted molar refractivity (Wildman–Crippen MR) is 236 cm³/mol. The Labute approximate surface area is 325 Å². The molecule has 0 aliphatic rings. The van der Waals surface area contributed by atoms with Crippen LogP contribution in [-0.4, -0.2) is 19.5 Å². The molecule has 0 atom stereocenters. The summed E-state index contributed by atoms with van der Waals surface area (Å²) < 4.78 is 4.85. The molecule has 0 N–H and O–H groups in total. The second kappa shape index (κ2) is 12.2. The van der Waals surface area contributed by atoms with Gasteiger partial charge in [0.2, 0.25) is 0 Å². The van der Waals surface area contributed by atoms with E-state index in [0.717, 1.165) is 32.2 Å². The normalized spacial score (nSPS) is 11.9. The summed E-state index contributed by atoms with van der Waals surface area (Å²) in [5.41, 5.74) is 6.50. The Morgan fingerprint density at radius 2 is 0.893 bits per heavy atom. The van der Waals surface area contributed by atoms with Gasteiger partial charge >= 0.3 is 0 Å². The SMILES string of the molecule is c1ccc2cc(-c3nc(-c4ccc5ccccc5c4)nc(-c4cccc5c4sc4c(-n6c7ccccc7c7ccc8ccccc8c76)cccc45)n3)ccc2c1. The predicted octanol–water partition coefficient (Wildman–Crippen LogP) is 13.8. The third-order valence-corrected chi connectivity index (χ3v) is 12.5. The van der Waals surface area contributed by atoms with E-state index in [4.69, 9.17) is 15.0 Å². The van der Waals surface area contributed by atoms with Crippen LogP contribution in [0, 0.1) is 0 Å². The van der Waals surface area contributed by atoms with Gasteiger partial charge < -0.3 is 4.57 Å². The van der Waals surface area contributed by atoms with Crippen molar-refractivity contribution in [1.82, 2.24) is 19.5 Å². The summed E-state index contributed by atoms with van der Waals surface area (Å²) in [4.78, 5) is 15.7. The Hall–Kier alpha value is -7.21. The molecule has 3 heterocycles. The summed E-state index contributed by atoms with van der Waals surface area (Å²) in [6.07, 6.45) is 0. The zero-order valence-corrected chi connectivity index (χ0v) is 30.8. The third kappa shape index (κ3) is 4.75. The van der Waals surface area contributed by atoms with Crippen molar-refractivity contribution in [1.29, 1.82) is 0 Å². The molecule has 3 aromatic heterocycles. The van der Waals surface area contributed by atoms with Crippen molar-refractivity contribution in [3.63, 3.8) is 0 Å². The Bertz CT molecular complexity index is 3460. The molecule has 0 saturated heterocycles. The quantitative estimate of drug-likeness (QED) is 0.181. The van der Waals surface area contributed by atoms with E-state index in [1.54, 1.807) is 0 Å². The van der Waals surface area contributed by atoms with E-state index >= 15 is 0 Å². The first kappa shape index (κ1) is 31.2. The van der Waals surface area contributed by atoms with Crippen molar-refractivity contribution < 1.29 is 0 Å². The van der Waals surface area contributed by atoms with Gasteiger partial charge in [-0.05, 0) is 57.3 Å². The van der Waals surface area contributed by atoms with Crippen molar-refractivity contribution >= 4 is 85.6 Å². The number of hydrogen-bond donors (Lipinski definition) is 0. The van der Waals surface area contributed by atoms with E-state index in [1.807, 2.05) is 11.3 Å². The maximum atomic E-state index is 5.26. The summed E-state index contributed by atoms with van der Waals surface area (Å²) >= 11 is 1.82. The molecule has 12 rings (SSSR count). The van der Waals surface area contributed by atoms with Crippen molar-refractivity contribution in [2.24, 2.45) is 0 Å². The number of nitrogens with zero attached hydrogens (tertiary/aromatic N) is 4. The van der Waals surface area contributed by atoms with Crippen LogP contribution in [0.1, 0.15) is 0 Å². The number of hydrogen-bond acceptors (Lipinski definition) is 4. The smallest absolute Gasteiger partial charge is 0.165 e. The Morgan fingerprint density at radius 1 is 0.357 bits per heavy atom. The number of thiophene rings is 1. The summed E-state index contributed by atoms with van der Waals surface area (Å²) in [5, 5.41) is 12.0. The second-order valence-electron chi connectivity index (χ2n) is 14.4. The van der Waals surface area contributed by atoms with E-state index in [2.05, 4.69) is 187 Å². The molecule has 9 aromatic carbocycles. The van der Waals surface area contributed by atoms with E-state index in [9.17, 15) is 0 Å². The highest BCUT2D eigenvalue weighted by atomic mass is 32.1. The Morgan fingerprint density at radius 3 is 1.61 bits per heavy atom. The Kier molecular flexibility index (Phi) is 6.76. The van der Waals surface area contributed by atoms with Crippen molar-refractivity contribution in [2.45, 2.75) is 0 Å². The fraction of sp³-hybridized carbons (Fsp3) is 0. The topological polar surface area (TPSA) is 43.6 Å². The highest BCUT2D eigenvalue weighted by Gasteiger charge is 2.21. The molecule has 0 fully saturated rings. The van der Waals surface area contributed by atoms with Crippen molar-refractivity contribution in [3.8, 4) is 39.9 Å². The molecular formula is C51H30N4S. The van der Waals surface area contributed by atoms with Gasteiger partial charge in [-0.2, -0.15) is 0 Å². The third-order valence-electron chi connectivity index (χ3n) is 11.2. The summed E-state index contributed by atoms with van der Waals surface area (Å²) in [5.74, 6) is 1.97. The average molecular weight is 731 g/mol. The molecule has 0 aliphatic carbocycles. The lowest BCUT2D eigenvalue weighted by Gasteiger charge is -2.11. The van der Waals surface area contributed by atoms with E-state index in [-0.39, 0.29) is 0 Å². The molecular weight excluding hydrogens is 701 g/mol. The molecule has 0 radical (unpaired) electrons. The van der Waals surface area contributed by atoms with Gasteiger partial charge in [0, 0.05) is 48.3 Å². The van der Waals surface area contributed by atoms with Crippen LogP contribution >= 0.6 is 11.3 Å². The van der Waals surface area contributed by atoms with Gasteiger partial charge in [-0.15, -0.1) is 11.3 Å². The van der Waals surface area contributed by atoms with Crippen molar-refractivity contribution in [3.05, 3.63) is 182 Å². The van der Waals surface area contributed by atoms with Gasteiger partial charge in [0.05, 0.1) is 21.4 Å². The van der Waals surface area contributed by atoms with Gasteiger partial charge in [-0.25, -0.2) is 15.0 Å². The molecule has 0 spiro atoms. The molecule has 0 amide bonds. The summed E-state index contributed by atoms with van der Waals surface area (Å²) in [7, 11) is 0. The van der Waals surface area contributed by atoms with Crippen LogP contribution in [0.3, 0.4) is 0 Å². The number of para-hydroxylation sites is 1. The monoisotopic (exact) mass is 730 g/mol. The summed E-state index contributed by atoms with van der Waals surface area (Å²) in [6, 6.07) is 65.0. The first-order valence-corrected chi connectivity index (χ1v) is 19.7. The molecule has 12 aromatic rings. The molecule has 0 bridgehead atoms. The molecule has 5 heteroatoms. The van der Waals surface area contributed by atoms with Crippen LogP contribution in [0.2, 0.25) is 0 Å². The average Bonchev–Trinajstić information content (AvgIpc) is 3.82. The number of rotatable bonds is 4. The lowest BCUT2D eigenvalue weighted by atomic mass is 10.0. The minimum atomic E-state index is 0.653. The van der Waals surface area contributed by atoms with Crippen molar-refractivity contribution in [2.75, 3.05) is 0 Å². The molecule has 0 saturated carbocycles. The van der Waals surface area contributed by atoms with E-state index < -0.39 is 0 Å². The van der Waals surface area contributed by atoms with Crippen LogP contribution in [0.15, 0.2) is 182 Å². The Balaban J connectivity index is 1.12. The van der Waals surface area contributed by atoms with Crippen LogP contribution in [0.4, 0.5) is 0 Å². The lowest BCUT2D eigenvalue weighted by molar-refractivity contribution is 1.08. The molecule has 260 valence electrons. The van der Waals surface area contributed by atoms with Gasteiger partial charge in [0.15, 0.2) is 17.5 Å². The second-order valence-corrected chi connectivity index (χ2v) is 15.4. The number of aromatic nitrogens is 4. The molecule has 0 aliphatic heterocycles.